The Morgan fingerprint density at radius 2 is 1.91 bits per heavy atom. The minimum absolute atomic E-state index is 0.00412. The number of hydrogen-bond donors (Lipinski definition) is 2. The number of carbonyl (C=O) groups is 1. The lowest BCUT2D eigenvalue weighted by molar-refractivity contribution is -0.137. The van der Waals surface area contributed by atoms with Gasteiger partial charge in [-0.2, -0.15) is 13.2 Å². The fraction of sp³-hybridized carbons (Fsp3) is 0.364. The third-order valence-electron chi connectivity index (χ3n) is 4.39. The molecule has 0 saturated heterocycles. The van der Waals surface area contributed by atoms with Gasteiger partial charge in [0.25, 0.3) is 0 Å². The average molecular weight is 490 g/mol. The number of ether oxygens (including phenoxy) is 1. The summed E-state index contributed by atoms with van der Waals surface area (Å²) in [6.45, 7) is 5.13. The van der Waals surface area contributed by atoms with E-state index in [0.717, 1.165) is 12.1 Å². The summed E-state index contributed by atoms with van der Waals surface area (Å²) in [5, 5.41) is 19.4. The molecule has 0 bridgehead atoms. The number of aryl methyl sites for hydroxylation is 2. The molecule has 174 valence electrons. The van der Waals surface area contributed by atoms with Gasteiger partial charge < -0.3 is 14.9 Å². The SMILES string of the molecule is CCC(=O)c1cc(Cl)cc(C)c1O.Cc1nc2c(COCCO)cc(C(F)(F)F)cc2s1. The van der Waals surface area contributed by atoms with Crippen LogP contribution in [0.5, 0.6) is 5.75 Å². The van der Waals surface area contributed by atoms with Crippen LogP contribution in [0.4, 0.5) is 13.2 Å². The molecule has 0 spiro atoms. The number of aliphatic hydroxyl groups is 1. The quantitative estimate of drug-likeness (QED) is 0.324. The molecule has 3 aromatic rings. The van der Waals surface area contributed by atoms with E-state index in [9.17, 15) is 23.1 Å². The van der Waals surface area contributed by atoms with Gasteiger partial charge in [-0.25, -0.2) is 4.98 Å². The molecule has 1 aromatic heterocycles. The number of aliphatic hydroxyl groups excluding tert-OH is 1. The van der Waals surface area contributed by atoms with Crippen molar-refractivity contribution < 1.29 is 32.9 Å². The normalized spacial score (nSPS) is 11.4. The van der Waals surface area contributed by atoms with E-state index in [1.165, 1.54) is 17.4 Å². The highest BCUT2D eigenvalue weighted by molar-refractivity contribution is 7.18. The van der Waals surface area contributed by atoms with Crippen molar-refractivity contribution in [2.45, 2.75) is 40.0 Å². The molecule has 3 rings (SSSR count). The van der Waals surface area contributed by atoms with Crippen LogP contribution >= 0.6 is 22.9 Å². The fourth-order valence-corrected chi connectivity index (χ4v) is 4.06. The Bertz CT molecular complexity index is 1100. The van der Waals surface area contributed by atoms with Crippen LogP contribution in [-0.2, 0) is 17.5 Å². The predicted octanol–water partition coefficient (Wildman–Crippen LogP) is 6.08. The number of alkyl halides is 3. The van der Waals surface area contributed by atoms with Gasteiger partial charge in [0.2, 0.25) is 0 Å². The number of fused-ring (bicyclic) bond motifs is 1. The Kier molecular flexibility index (Phi) is 9.03. The molecule has 0 saturated carbocycles. The van der Waals surface area contributed by atoms with Crippen molar-refractivity contribution in [2.75, 3.05) is 13.2 Å². The highest BCUT2D eigenvalue weighted by Gasteiger charge is 2.31. The number of halogens is 4. The van der Waals surface area contributed by atoms with Crippen molar-refractivity contribution in [3.05, 3.63) is 56.5 Å². The number of thiazole rings is 1. The summed E-state index contributed by atoms with van der Waals surface area (Å²) in [6.07, 6.45) is -4.02. The predicted molar refractivity (Wildman–Crippen MR) is 119 cm³/mol. The maximum Gasteiger partial charge on any atom is 0.416 e. The van der Waals surface area contributed by atoms with Gasteiger partial charge in [-0.15, -0.1) is 11.3 Å². The van der Waals surface area contributed by atoms with Crippen LogP contribution in [0.3, 0.4) is 0 Å². The Labute approximate surface area is 192 Å². The molecule has 0 amide bonds. The van der Waals surface area contributed by atoms with Crippen molar-refractivity contribution in [1.29, 1.82) is 0 Å². The molecule has 0 aliphatic carbocycles. The van der Waals surface area contributed by atoms with Crippen molar-refractivity contribution >= 4 is 38.9 Å². The van der Waals surface area contributed by atoms with Gasteiger partial charge in [0.05, 0.1) is 46.2 Å². The lowest BCUT2D eigenvalue weighted by Gasteiger charge is -2.10. The number of aromatic nitrogens is 1. The van der Waals surface area contributed by atoms with E-state index in [1.807, 2.05) is 0 Å². The van der Waals surface area contributed by atoms with Gasteiger partial charge in [-0.1, -0.05) is 18.5 Å². The standard InChI is InChI=1S/C12H12F3NO2S.C10H11ClO2/c1-7-16-11-8(6-18-3-2-17)4-9(12(13,14)15)5-10(11)19-7;1-3-9(12)8-5-7(11)4-6(2)10(8)13/h4-5,17H,2-3,6H2,1H3;4-5,13H,3H2,1-2H3. The summed E-state index contributed by atoms with van der Waals surface area (Å²) >= 11 is 6.98. The van der Waals surface area contributed by atoms with E-state index in [4.69, 9.17) is 21.4 Å². The van der Waals surface area contributed by atoms with Gasteiger partial charge in [0.1, 0.15) is 5.75 Å². The number of phenolic OH excluding ortho intramolecular Hbond substituents is 1. The Morgan fingerprint density at radius 3 is 2.50 bits per heavy atom. The highest BCUT2D eigenvalue weighted by Crippen LogP contribution is 2.35. The average Bonchev–Trinajstić information content (AvgIpc) is 3.10. The molecular formula is C22H23ClF3NO4S. The Balaban J connectivity index is 0.000000244. The molecule has 0 atom stereocenters. The number of phenols is 1. The summed E-state index contributed by atoms with van der Waals surface area (Å²) < 4.78 is 44.0. The van der Waals surface area contributed by atoms with E-state index in [2.05, 4.69) is 4.98 Å². The van der Waals surface area contributed by atoms with Gasteiger partial charge in [0, 0.05) is 17.0 Å². The highest BCUT2D eigenvalue weighted by atomic mass is 35.5. The first-order valence-corrected chi connectivity index (χ1v) is 10.9. The fourth-order valence-electron chi connectivity index (χ4n) is 2.87. The molecule has 32 heavy (non-hydrogen) atoms. The minimum Gasteiger partial charge on any atom is -0.507 e. The van der Waals surface area contributed by atoms with Gasteiger partial charge in [-0.3, -0.25) is 4.79 Å². The number of aromatic hydroxyl groups is 1. The summed E-state index contributed by atoms with van der Waals surface area (Å²) in [6, 6.07) is 5.29. The third-order valence-corrected chi connectivity index (χ3v) is 5.52. The number of ketones is 1. The van der Waals surface area contributed by atoms with Gasteiger partial charge in [0.15, 0.2) is 5.78 Å². The summed E-state index contributed by atoms with van der Waals surface area (Å²) in [4.78, 5) is 15.5. The minimum atomic E-state index is -4.39. The Hall–Kier alpha value is -2.20. The number of carbonyl (C=O) groups excluding carboxylic acids is 1. The van der Waals surface area contributed by atoms with Gasteiger partial charge in [-0.05, 0) is 43.7 Å². The smallest absolute Gasteiger partial charge is 0.416 e. The summed E-state index contributed by atoms with van der Waals surface area (Å²) in [7, 11) is 0. The zero-order chi connectivity index (χ0) is 24.1. The first-order valence-electron chi connectivity index (χ1n) is 9.66. The molecule has 10 heteroatoms. The number of hydrogen-bond acceptors (Lipinski definition) is 6. The van der Waals surface area contributed by atoms with Crippen LogP contribution in [0.15, 0.2) is 24.3 Å². The van der Waals surface area contributed by atoms with E-state index in [1.54, 1.807) is 26.8 Å². The van der Waals surface area contributed by atoms with E-state index in [0.29, 0.717) is 43.4 Å². The molecule has 2 aromatic carbocycles. The second-order valence-corrected chi connectivity index (χ2v) is 8.56. The van der Waals surface area contributed by atoms with Gasteiger partial charge >= 0.3 is 6.18 Å². The van der Waals surface area contributed by atoms with Crippen LogP contribution < -0.4 is 0 Å². The molecular weight excluding hydrogens is 467 g/mol. The molecule has 5 nitrogen and oxygen atoms in total. The lowest BCUT2D eigenvalue weighted by atomic mass is 10.0. The number of Topliss-reactive ketones (excluding diaryl/α,β-unsaturated/α-hetero) is 1. The monoisotopic (exact) mass is 489 g/mol. The van der Waals surface area contributed by atoms with E-state index in [-0.39, 0.29) is 31.4 Å². The summed E-state index contributed by atoms with van der Waals surface area (Å²) in [5.41, 5.74) is 1.17. The largest absolute Gasteiger partial charge is 0.507 e. The van der Waals surface area contributed by atoms with Crippen LogP contribution in [0, 0.1) is 13.8 Å². The van der Waals surface area contributed by atoms with Crippen LogP contribution in [-0.4, -0.2) is 34.2 Å². The number of nitrogens with zero attached hydrogens (tertiary/aromatic N) is 1. The van der Waals surface area contributed by atoms with E-state index >= 15 is 0 Å². The zero-order valence-corrected chi connectivity index (χ0v) is 19.3. The maximum absolute atomic E-state index is 12.8. The molecule has 2 N–H and O–H groups in total. The van der Waals surface area contributed by atoms with Crippen LogP contribution in [0.1, 0.15) is 45.4 Å². The second-order valence-electron chi connectivity index (χ2n) is 6.88. The Morgan fingerprint density at radius 1 is 1.22 bits per heavy atom. The van der Waals surface area contributed by atoms with Crippen LogP contribution in [0.25, 0.3) is 10.2 Å². The third kappa shape index (κ3) is 6.65. The molecule has 0 aliphatic rings. The second kappa shape index (κ2) is 11.1. The molecule has 0 radical (unpaired) electrons. The van der Waals surface area contributed by atoms with Crippen molar-refractivity contribution in [2.24, 2.45) is 0 Å². The first kappa shape index (κ1) is 26.1. The molecule has 0 fully saturated rings. The van der Waals surface area contributed by atoms with Crippen molar-refractivity contribution in [3.63, 3.8) is 0 Å². The zero-order valence-electron chi connectivity index (χ0n) is 17.7. The molecule has 0 unspecified atom stereocenters. The van der Waals surface area contributed by atoms with Crippen molar-refractivity contribution in [1.82, 2.24) is 4.98 Å². The topological polar surface area (TPSA) is 79.7 Å². The van der Waals surface area contributed by atoms with Crippen LogP contribution in [0.2, 0.25) is 5.02 Å². The molecule has 1 heterocycles. The number of rotatable bonds is 6. The van der Waals surface area contributed by atoms with Crippen molar-refractivity contribution in [3.8, 4) is 5.75 Å². The first-order chi connectivity index (χ1) is 15.0. The lowest BCUT2D eigenvalue weighted by Crippen LogP contribution is -2.07. The number of benzene rings is 2. The maximum atomic E-state index is 12.8. The summed E-state index contributed by atoms with van der Waals surface area (Å²) in [5.74, 6) is -0.0562. The molecule has 0 aliphatic heterocycles. The van der Waals surface area contributed by atoms with E-state index < -0.39 is 11.7 Å².